The van der Waals surface area contributed by atoms with Crippen molar-refractivity contribution in [2.24, 2.45) is 0 Å². The van der Waals surface area contributed by atoms with Crippen LogP contribution in [-0.2, 0) is 18.6 Å². The molecule has 0 aliphatic carbocycles. The Balaban J connectivity index is 0. The first-order valence-electron chi connectivity index (χ1n) is 0. The summed E-state index contributed by atoms with van der Waals surface area (Å²) in [7, 11) is 0. The van der Waals surface area contributed by atoms with E-state index in [1.54, 1.807) is 0 Å². The van der Waals surface area contributed by atoms with Gasteiger partial charge < -0.3 is 50.9 Å². The van der Waals surface area contributed by atoms with Gasteiger partial charge in [-0.05, 0) is 0 Å². The van der Waals surface area contributed by atoms with Gasteiger partial charge in [0.25, 0.3) is 0 Å². The van der Waals surface area contributed by atoms with Crippen molar-refractivity contribution in [1.29, 1.82) is 0 Å². The van der Waals surface area contributed by atoms with Crippen molar-refractivity contribution in [3.05, 3.63) is 0 Å². The fraction of sp³-hybridized carbons (Fsp3) is 0. The van der Waals surface area contributed by atoms with Crippen molar-refractivity contribution >= 4 is 0 Å². The van der Waals surface area contributed by atoms with Crippen molar-refractivity contribution in [1.82, 2.24) is 0 Å². The van der Waals surface area contributed by atoms with Crippen molar-refractivity contribution < 1.29 is 69.5 Å². The second kappa shape index (κ2) is 19.9. The maximum atomic E-state index is 0. The predicted octanol–water partition coefficient (Wildman–Crippen LogP) is -8.99. The van der Waals surface area contributed by atoms with Crippen LogP contribution < -0.4 is 50.9 Å². The van der Waals surface area contributed by atoms with Crippen LogP contribution in [0.2, 0.25) is 0 Å². The molecule has 0 aliphatic rings. The number of rotatable bonds is 0. The normalized spacial score (nSPS) is 0. The molecule has 0 bridgehead atoms. The molecule has 0 amide bonds. The molecule has 0 N–H and O–H groups in total. The minimum absolute atomic E-state index is 0. The predicted molar refractivity (Wildman–Crippen MR) is 0 cm³/mol. The third-order valence-electron chi connectivity index (χ3n) is 0. The van der Waals surface area contributed by atoms with Crippen molar-refractivity contribution in [3.63, 3.8) is 0 Å². The second-order valence-corrected chi connectivity index (χ2v) is 0. The van der Waals surface area contributed by atoms with Gasteiger partial charge in [0, 0.05) is 0 Å². The van der Waals surface area contributed by atoms with Gasteiger partial charge in [-0.15, -0.1) is 0 Å². The zero-order valence-corrected chi connectivity index (χ0v) is 7.74. The van der Waals surface area contributed by atoms with E-state index in [-0.39, 0.29) is 69.5 Å². The Hall–Kier alpha value is 2.02. The van der Waals surface area contributed by atoms with Crippen molar-refractivity contribution in [2.75, 3.05) is 0 Å². The smallest absolute Gasteiger partial charge is 1.00 e. The van der Waals surface area contributed by atoms with Gasteiger partial charge in [-0.2, -0.15) is 0 Å². The first-order valence-corrected chi connectivity index (χ1v) is 0. The Morgan fingerprint density at radius 2 is 0.500 bits per heavy atom. The first kappa shape index (κ1) is 37.1. The van der Waals surface area contributed by atoms with Gasteiger partial charge in [-0.1, -0.05) is 0 Å². The van der Waals surface area contributed by atoms with Crippen LogP contribution in [0.1, 0.15) is 0 Å². The Morgan fingerprint density at radius 3 is 0.500 bits per heavy atom. The second-order valence-electron chi connectivity index (χ2n) is 0. The van der Waals surface area contributed by atoms with Gasteiger partial charge in [0.05, 0.1) is 0 Å². The van der Waals surface area contributed by atoms with Gasteiger partial charge in [0.15, 0.2) is 0 Å². The number of hydrogen-bond acceptors (Lipinski definition) is 0. The molecule has 0 aromatic carbocycles. The van der Waals surface area contributed by atoms with Gasteiger partial charge in [0.1, 0.15) is 0 Å². The molecule has 0 aromatic rings. The van der Waals surface area contributed by atoms with Crippen LogP contribution >= 0.6 is 0 Å². The van der Waals surface area contributed by atoms with Crippen LogP contribution in [0.5, 0.6) is 0 Å². The van der Waals surface area contributed by atoms with Gasteiger partial charge in [-0.25, -0.2) is 0 Å². The van der Waals surface area contributed by atoms with E-state index >= 15 is 0 Å². The molecular weight excluding hydrogens is 291 g/mol. The fourth-order valence-corrected chi connectivity index (χ4v) is 0. The molecule has 0 heterocycles. The molecule has 0 saturated heterocycles. The van der Waals surface area contributed by atoms with Crippen LogP contribution in [0.3, 0.4) is 0 Å². The van der Waals surface area contributed by atoms with E-state index in [4.69, 9.17) is 0 Å². The van der Waals surface area contributed by atoms with Crippen LogP contribution in [0, 0.1) is 0 Å². The topological polar surface area (TPSA) is 0 Å². The van der Waals surface area contributed by atoms with Crippen LogP contribution in [-0.4, -0.2) is 0 Å². The Morgan fingerprint density at radius 1 is 0.500 bits per heavy atom. The molecule has 0 rings (SSSR count). The largest absolute Gasteiger partial charge is 2.00 e. The van der Waals surface area contributed by atoms with E-state index in [1.807, 2.05) is 0 Å². The maximum Gasteiger partial charge on any atom is 2.00 e. The average molecular weight is 291 g/mol. The maximum absolute atomic E-state index is 0. The van der Waals surface area contributed by atoms with Gasteiger partial charge >= 0.3 is 18.6 Å². The Bertz CT molecular complexity index is 3.25. The molecule has 0 aliphatic heterocycles. The monoisotopic (exact) mass is 288 g/mol. The summed E-state index contributed by atoms with van der Waals surface area (Å²) in [6, 6.07) is 0. The third kappa shape index (κ3) is 8.98. The Kier molecular flexibility index (Phi) is 184. The number of hydrogen-bond donors (Lipinski definition) is 0. The van der Waals surface area contributed by atoms with E-state index in [0.717, 1.165) is 0 Å². The van der Waals surface area contributed by atoms with Crippen molar-refractivity contribution in [3.8, 4) is 0 Å². The van der Waals surface area contributed by atoms with Crippen LogP contribution in [0.15, 0.2) is 0 Å². The molecular formula is Br3V-. The molecule has 4 heavy (non-hydrogen) atoms. The summed E-state index contributed by atoms with van der Waals surface area (Å²) < 4.78 is 0. The number of halogens is 3. The molecule has 0 spiro atoms. The standard InChI is InChI=1S/3BrH.V/h3*1H;/q;;;+2/p-3. The molecule has 0 saturated carbocycles. The Labute approximate surface area is 68.9 Å². The van der Waals surface area contributed by atoms with Crippen LogP contribution in [0.4, 0.5) is 0 Å². The fourth-order valence-electron chi connectivity index (χ4n) is 0. The third-order valence-corrected chi connectivity index (χ3v) is 0. The summed E-state index contributed by atoms with van der Waals surface area (Å²) in [5.74, 6) is 0. The average Bonchev–Trinajstić information content (AvgIpc) is 0. The van der Waals surface area contributed by atoms with E-state index in [1.165, 1.54) is 0 Å². The van der Waals surface area contributed by atoms with Gasteiger partial charge in [0.2, 0.25) is 0 Å². The molecule has 0 unspecified atom stereocenters. The molecule has 1 radical (unpaired) electrons. The molecule has 4 heteroatoms. The SMILES string of the molecule is [Br-].[Br-].[Br-].[V+2]. The summed E-state index contributed by atoms with van der Waals surface area (Å²) in [5, 5.41) is 0. The summed E-state index contributed by atoms with van der Waals surface area (Å²) in [6.45, 7) is 0. The zero-order chi connectivity index (χ0) is 0. The molecule has 0 fully saturated rings. The van der Waals surface area contributed by atoms with Crippen LogP contribution in [0.25, 0.3) is 0 Å². The van der Waals surface area contributed by atoms with E-state index in [0.29, 0.717) is 0 Å². The molecule has 0 nitrogen and oxygen atoms in total. The summed E-state index contributed by atoms with van der Waals surface area (Å²) in [4.78, 5) is 0. The summed E-state index contributed by atoms with van der Waals surface area (Å²) in [6.07, 6.45) is 0. The summed E-state index contributed by atoms with van der Waals surface area (Å²) in [5.41, 5.74) is 0. The van der Waals surface area contributed by atoms with E-state index in [9.17, 15) is 0 Å². The van der Waals surface area contributed by atoms with E-state index in [2.05, 4.69) is 0 Å². The minimum atomic E-state index is 0. The van der Waals surface area contributed by atoms with Crippen molar-refractivity contribution in [2.45, 2.75) is 0 Å². The van der Waals surface area contributed by atoms with Gasteiger partial charge in [-0.3, -0.25) is 0 Å². The molecule has 0 atom stereocenters. The molecule has 0 aromatic heterocycles. The molecule has 27 valence electrons. The summed E-state index contributed by atoms with van der Waals surface area (Å²) >= 11 is 0. The zero-order valence-electron chi connectivity index (χ0n) is 1.58. The minimum Gasteiger partial charge on any atom is -1.00 e. The quantitative estimate of drug-likeness (QED) is 0.416. The first-order chi connectivity index (χ1) is 0. The van der Waals surface area contributed by atoms with E-state index < -0.39 is 0 Å².